The zero-order valence-electron chi connectivity index (χ0n) is 15.1. The average molecular weight is 361 g/mol. The molecule has 27 heavy (non-hydrogen) atoms. The normalized spacial score (nSPS) is 10.9. The molecule has 0 saturated carbocycles. The Labute approximate surface area is 156 Å². The summed E-state index contributed by atoms with van der Waals surface area (Å²) in [5.41, 5.74) is 1.27. The Hall–Kier alpha value is -3.47. The minimum Gasteiger partial charge on any atom is -0.496 e. The lowest BCUT2D eigenvalue weighted by Crippen LogP contribution is -2.11. The number of rotatable bonds is 5. The fourth-order valence-electron chi connectivity index (χ4n) is 3.16. The fraction of sp³-hybridized carbons (Fsp3) is 0.136. The number of carbonyl (C=O) groups is 1. The number of furan rings is 1. The third-order valence-corrected chi connectivity index (χ3v) is 4.38. The van der Waals surface area contributed by atoms with Crippen molar-refractivity contribution in [3.8, 4) is 11.5 Å². The summed E-state index contributed by atoms with van der Waals surface area (Å²) in [6, 6.07) is 18.7. The first-order chi connectivity index (χ1) is 13.2. The molecule has 0 unspecified atom stereocenters. The minimum atomic E-state index is -0.316. The molecule has 5 heteroatoms. The van der Waals surface area contributed by atoms with Crippen LogP contribution in [-0.4, -0.2) is 19.6 Å². The van der Waals surface area contributed by atoms with E-state index in [-0.39, 0.29) is 11.7 Å². The number of fused-ring (bicyclic) bond motifs is 2. The van der Waals surface area contributed by atoms with Gasteiger partial charge in [-0.3, -0.25) is 4.79 Å². The monoisotopic (exact) mass is 361 g/mol. The summed E-state index contributed by atoms with van der Waals surface area (Å²) < 4.78 is 16.8. The van der Waals surface area contributed by atoms with Gasteiger partial charge in [0, 0.05) is 21.8 Å². The number of amides is 1. The van der Waals surface area contributed by atoms with Crippen molar-refractivity contribution in [3.05, 3.63) is 66.4 Å². The molecule has 0 fully saturated rings. The number of benzene rings is 3. The average Bonchev–Trinajstić information content (AvgIpc) is 3.14. The van der Waals surface area contributed by atoms with Crippen molar-refractivity contribution < 1.29 is 18.7 Å². The second-order valence-corrected chi connectivity index (χ2v) is 6.03. The standard InChI is InChI=1S/C22H19NO4/c1-3-26-19-10-6-7-14-13-20(27-21(14)19)22(24)23-17-11-12-18(25-2)16-9-5-4-8-15(16)17/h4-13H,3H2,1-2H3,(H,23,24). The molecule has 4 rings (SSSR count). The van der Waals surface area contributed by atoms with E-state index in [0.717, 1.165) is 21.9 Å². The largest absolute Gasteiger partial charge is 0.496 e. The molecule has 0 radical (unpaired) electrons. The van der Waals surface area contributed by atoms with Gasteiger partial charge in [0.15, 0.2) is 17.1 Å². The molecule has 5 nitrogen and oxygen atoms in total. The van der Waals surface area contributed by atoms with E-state index in [1.54, 1.807) is 13.2 Å². The molecule has 0 saturated heterocycles. The number of nitrogens with one attached hydrogen (secondary N) is 1. The first kappa shape index (κ1) is 17.0. The van der Waals surface area contributed by atoms with Crippen LogP contribution in [0.1, 0.15) is 17.5 Å². The molecular formula is C22H19NO4. The highest BCUT2D eigenvalue weighted by atomic mass is 16.5. The molecule has 1 N–H and O–H groups in total. The van der Waals surface area contributed by atoms with E-state index in [2.05, 4.69) is 5.32 Å². The molecule has 0 aliphatic rings. The molecule has 0 atom stereocenters. The van der Waals surface area contributed by atoms with E-state index in [1.807, 2.05) is 61.5 Å². The summed E-state index contributed by atoms with van der Waals surface area (Å²) in [4.78, 5) is 12.8. The van der Waals surface area contributed by atoms with Crippen LogP contribution >= 0.6 is 0 Å². The highest BCUT2D eigenvalue weighted by Crippen LogP contribution is 2.33. The zero-order valence-corrected chi connectivity index (χ0v) is 15.1. The van der Waals surface area contributed by atoms with Crippen LogP contribution in [0.15, 0.2) is 65.1 Å². The number of hydrogen-bond donors (Lipinski definition) is 1. The van der Waals surface area contributed by atoms with Crippen LogP contribution in [0.2, 0.25) is 0 Å². The molecule has 0 aliphatic carbocycles. The number of carbonyl (C=O) groups excluding carboxylic acids is 1. The second-order valence-electron chi connectivity index (χ2n) is 6.03. The van der Waals surface area contributed by atoms with E-state index in [4.69, 9.17) is 13.9 Å². The number of hydrogen-bond acceptors (Lipinski definition) is 4. The SMILES string of the molecule is CCOc1cccc2cc(C(=O)Nc3ccc(OC)c4ccccc34)oc12. The van der Waals surface area contributed by atoms with Gasteiger partial charge in [-0.15, -0.1) is 0 Å². The predicted octanol–water partition coefficient (Wildman–Crippen LogP) is 5.25. The summed E-state index contributed by atoms with van der Waals surface area (Å²) in [7, 11) is 1.63. The molecule has 136 valence electrons. The summed E-state index contributed by atoms with van der Waals surface area (Å²) in [6.07, 6.45) is 0. The first-order valence-corrected chi connectivity index (χ1v) is 8.73. The molecule has 1 heterocycles. The van der Waals surface area contributed by atoms with E-state index < -0.39 is 0 Å². The Morgan fingerprint density at radius 2 is 1.81 bits per heavy atom. The van der Waals surface area contributed by atoms with Crippen LogP contribution < -0.4 is 14.8 Å². The van der Waals surface area contributed by atoms with Gasteiger partial charge in [-0.05, 0) is 31.2 Å². The van der Waals surface area contributed by atoms with Gasteiger partial charge in [-0.2, -0.15) is 0 Å². The maximum Gasteiger partial charge on any atom is 0.291 e. The van der Waals surface area contributed by atoms with E-state index in [1.165, 1.54) is 0 Å². The maximum atomic E-state index is 12.8. The van der Waals surface area contributed by atoms with Gasteiger partial charge in [-0.1, -0.05) is 36.4 Å². The Morgan fingerprint density at radius 1 is 1.00 bits per heavy atom. The number of methoxy groups -OCH3 is 1. The van der Waals surface area contributed by atoms with Crippen LogP contribution in [0.25, 0.3) is 21.7 Å². The molecule has 3 aromatic carbocycles. The molecule has 0 spiro atoms. The van der Waals surface area contributed by atoms with Crippen molar-refractivity contribution in [2.24, 2.45) is 0 Å². The summed E-state index contributed by atoms with van der Waals surface area (Å²) in [6.45, 7) is 2.43. The smallest absolute Gasteiger partial charge is 0.291 e. The van der Waals surface area contributed by atoms with Gasteiger partial charge in [0.1, 0.15) is 5.75 Å². The molecule has 0 aliphatic heterocycles. The van der Waals surface area contributed by atoms with Gasteiger partial charge in [0.25, 0.3) is 5.91 Å². The number of para-hydroxylation sites is 1. The van der Waals surface area contributed by atoms with E-state index >= 15 is 0 Å². The van der Waals surface area contributed by atoms with E-state index in [0.29, 0.717) is 23.6 Å². The van der Waals surface area contributed by atoms with Gasteiger partial charge in [0.05, 0.1) is 13.7 Å². The highest BCUT2D eigenvalue weighted by molar-refractivity contribution is 6.10. The van der Waals surface area contributed by atoms with Crippen LogP contribution in [0.4, 0.5) is 5.69 Å². The lowest BCUT2D eigenvalue weighted by atomic mass is 10.1. The van der Waals surface area contributed by atoms with Gasteiger partial charge in [-0.25, -0.2) is 0 Å². The van der Waals surface area contributed by atoms with Crippen molar-refractivity contribution in [3.63, 3.8) is 0 Å². The van der Waals surface area contributed by atoms with Crippen molar-refractivity contribution in [2.45, 2.75) is 6.92 Å². The van der Waals surface area contributed by atoms with Gasteiger partial charge in [0.2, 0.25) is 0 Å². The van der Waals surface area contributed by atoms with Crippen molar-refractivity contribution in [1.29, 1.82) is 0 Å². The molecule has 1 aromatic heterocycles. The summed E-state index contributed by atoms with van der Waals surface area (Å²) >= 11 is 0. The van der Waals surface area contributed by atoms with Crippen LogP contribution in [-0.2, 0) is 0 Å². The molecule has 4 aromatic rings. The summed E-state index contributed by atoms with van der Waals surface area (Å²) in [5.74, 6) is 1.30. The van der Waals surface area contributed by atoms with Crippen LogP contribution in [0, 0.1) is 0 Å². The molecular weight excluding hydrogens is 342 g/mol. The van der Waals surface area contributed by atoms with Crippen molar-refractivity contribution >= 4 is 33.3 Å². The number of ether oxygens (including phenoxy) is 2. The lowest BCUT2D eigenvalue weighted by molar-refractivity contribution is 0.0998. The lowest BCUT2D eigenvalue weighted by Gasteiger charge is -2.11. The maximum absolute atomic E-state index is 12.8. The second kappa shape index (κ2) is 7.03. The molecule has 0 bridgehead atoms. The van der Waals surface area contributed by atoms with E-state index in [9.17, 15) is 4.79 Å². The minimum absolute atomic E-state index is 0.233. The Balaban J connectivity index is 1.70. The molecule has 1 amide bonds. The quantitative estimate of drug-likeness (QED) is 0.528. The van der Waals surface area contributed by atoms with Crippen molar-refractivity contribution in [1.82, 2.24) is 0 Å². The Morgan fingerprint density at radius 3 is 2.59 bits per heavy atom. The van der Waals surface area contributed by atoms with Crippen molar-refractivity contribution in [2.75, 3.05) is 19.0 Å². The Kier molecular flexibility index (Phi) is 4.42. The van der Waals surface area contributed by atoms with Crippen LogP contribution in [0.3, 0.4) is 0 Å². The zero-order chi connectivity index (χ0) is 18.8. The van der Waals surface area contributed by atoms with Gasteiger partial charge >= 0.3 is 0 Å². The topological polar surface area (TPSA) is 60.7 Å². The highest BCUT2D eigenvalue weighted by Gasteiger charge is 2.16. The third-order valence-electron chi connectivity index (χ3n) is 4.38. The number of anilines is 1. The third kappa shape index (κ3) is 3.08. The van der Waals surface area contributed by atoms with Gasteiger partial charge < -0.3 is 19.2 Å². The predicted molar refractivity (Wildman–Crippen MR) is 106 cm³/mol. The Bertz CT molecular complexity index is 1130. The fourth-order valence-corrected chi connectivity index (χ4v) is 3.16. The first-order valence-electron chi connectivity index (χ1n) is 8.73. The summed E-state index contributed by atoms with van der Waals surface area (Å²) in [5, 5.41) is 5.59. The van der Waals surface area contributed by atoms with Crippen LogP contribution in [0.5, 0.6) is 11.5 Å².